The number of hydrogen-bond acceptors (Lipinski definition) is 5. The molecule has 0 saturated heterocycles. The molecule has 0 spiro atoms. The number of nitrogens with two attached hydrogens (primary N) is 1. The lowest BCUT2D eigenvalue weighted by Crippen LogP contribution is -2.24. The number of rotatable bonds is 9. The number of hydrogen-bond donors (Lipinski definition) is 2. The van der Waals surface area contributed by atoms with Crippen molar-refractivity contribution in [3.63, 3.8) is 0 Å². The maximum absolute atomic E-state index is 10.7. The molecule has 0 saturated carbocycles. The lowest BCUT2D eigenvalue weighted by Gasteiger charge is -2.14. The van der Waals surface area contributed by atoms with Gasteiger partial charge in [0.05, 0.1) is 26.5 Å². The van der Waals surface area contributed by atoms with Gasteiger partial charge in [0.15, 0.2) is 11.5 Å². The molecule has 3 N–H and O–H groups in total. The normalized spacial score (nSPS) is 10.6. The number of carbonyl (C=O) groups excluding carboxylic acids is 1. The van der Waals surface area contributed by atoms with Crippen LogP contribution in [0.4, 0.5) is 4.79 Å². The van der Waals surface area contributed by atoms with E-state index < -0.39 is 6.03 Å². The van der Waals surface area contributed by atoms with Crippen molar-refractivity contribution < 1.29 is 19.0 Å². The van der Waals surface area contributed by atoms with Gasteiger partial charge in [-0.2, -0.15) is 5.10 Å². The minimum Gasteiger partial charge on any atom is -0.493 e. The molecule has 0 aliphatic carbocycles. The molecule has 0 radical (unpaired) electrons. The fourth-order valence-corrected chi connectivity index (χ4v) is 2.49. The van der Waals surface area contributed by atoms with Crippen LogP contribution in [0.1, 0.15) is 23.1 Å². The third-order valence-corrected chi connectivity index (χ3v) is 3.73. The quantitative estimate of drug-likeness (QED) is 0.402. The predicted molar refractivity (Wildman–Crippen MR) is 105 cm³/mol. The van der Waals surface area contributed by atoms with Crippen LogP contribution in [0.3, 0.4) is 0 Å². The van der Waals surface area contributed by atoms with Crippen molar-refractivity contribution in [2.24, 2.45) is 10.8 Å². The van der Waals surface area contributed by atoms with Gasteiger partial charge in [-0.05, 0) is 37.6 Å². The van der Waals surface area contributed by atoms with Gasteiger partial charge in [-0.25, -0.2) is 10.2 Å². The Morgan fingerprint density at radius 2 is 1.93 bits per heavy atom. The Balaban J connectivity index is 1.92. The monoisotopic (exact) mass is 371 g/mol. The van der Waals surface area contributed by atoms with E-state index in [9.17, 15) is 4.79 Å². The summed E-state index contributed by atoms with van der Waals surface area (Å²) < 4.78 is 17.0. The van der Waals surface area contributed by atoms with Gasteiger partial charge >= 0.3 is 6.03 Å². The average Bonchev–Trinajstić information content (AvgIpc) is 2.63. The van der Waals surface area contributed by atoms with Gasteiger partial charge in [-0.15, -0.1) is 0 Å². The van der Waals surface area contributed by atoms with Crippen molar-refractivity contribution in [3.8, 4) is 17.2 Å². The van der Waals surface area contributed by atoms with E-state index in [2.05, 4.69) is 23.5 Å². The number of aryl methyl sites for hydroxylation is 2. The van der Waals surface area contributed by atoms with Crippen LogP contribution in [-0.2, 0) is 0 Å². The van der Waals surface area contributed by atoms with E-state index in [1.807, 2.05) is 19.1 Å². The van der Waals surface area contributed by atoms with E-state index >= 15 is 0 Å². The molecule has 0 unspecified atom stereocenters. The van der Waals surface area contributed by atoms with Crippen molar-refractivity contribution in [2.75, 3.05) is 20.3 Å². The average molecular weight is 371 g/mol. The van der Waals surface area contributed by atoms with Crippen LogP contribution in [0.2, 0.25) is 0 Å². The Morgan fingerprint density at radius 1 is 1.15 bits per heavy atom. The summed E-state index contributed by atoms with van der Waals surface area (Å²) in [5, 5.41) is 3.77. The summed E-state index contributed by atoms with van der Waals surface area (Å²) >= 11 is 0. The molecule has 0 fully saturated rings. The van der Waals surface area contributed by atoms with Crippen molar-refractivity contribution in [3.05, 3.63) is 53.1 Å². The molecule has 0 aliphatic rings. The van der Waals surface area contributed by atoms with Crippen LogP contribution < -0.4 is 25.4 Å². The fraction of sp³-hybridized carbons (Fsp3) is 0.300. The first-order chi connectivity index (χ1) is 13.0. The first kappa shape index (κ1) is 20.1. The molecule has 7 nitrogen and oxygen atoms in total. The smallest absolute Gasteiger partial charge is 0.332 e. The van der Waals surface area contributed by atoms with Crippen LogP contribution in [0.25, 0.3) is 0 Å². The Bertz CT molecular complexity index is 806. The van der Waals surface area contributed by atoms with Crippen molar-refractivity contribution in [1.29, 1.82) is 0 Å². The molecule has 144 valence electrons. The molecule has 27 heavy (non-hydrogen) atoms. The Hall–Kier alpha value is -3.22. The maximum Gasteiger partial charge on any atom is 0.332 e. The summed E-state index contributed by atoms with van der Waals surface area (Å²) in [5.41, 5.74) is 10.1. The largest absolute Gasteiger partial charge is 0.493 e. The SMILES string of the molecule is COc1cccc(/C=N/NC(N)=O)c1OCCCOc1ccc(C)cc1C. The molecule has 2 aromatic rings. The number of urea groups is 1. The van der Waals surface area contributed by atoms with E-state index in [1.54, 1.807) is 25.3 Å². The number of primary amides is 1. The minimum atomic E-state index is -0.736. The van der Waals surface area contributed by atoms with E-state index in [0.717, 1.165) is 11.3 Å². The molecule has 0 aliphatic heterocycles. The molecule has 7 heteroatoms. The molecule has 2 amide bonds. The van der Waals surface area contributed by atoms with E-state index in [0.29, 0.717) is 36.7 Å². The summed E-state index contributed by atoms with van der Waals surface area (Å²) in [6, 6.07) is 10.8. The topological polar surface area (TPSA) is 95.2 Å². The lowest BCUT2D eigenvalue weighted by atomic mass is 10.1. The van der Waals surface area contributed by atoms with E-state index in [1.165, 1.54) is 11.8 Å². The highest BCUT2D eigenvalue weighted by atomic mass is 16.5. The number of para-hydroxylation sites is 1. The number of methoxy groups -OCH3 is 1. The van der Waals surface area contributed by atoms with Gasteiger partial charge in [0.2, 0.25) is 0 Å². The van der Waals surface area contributed by atoms with Crippen molar-refractivity contribution in [2.45, 2.75) is 20.3 Å². The summed E-state index contributed by atoms with van der Waals surface area (Å²) in [7, 11) is 1.56. The second kappa shape index (κ2) is 10.1. The molecular formula is C20H25N3O4. The number of nitrogens with one attached hydrogen (secondary N) is 1. The van der Waals surface area contributed by atoms with Gasteiger partial charge < -0.3 is 19.9 Å². The highest BCUT2D eigenvalue weighted by Crippen LogP contribution is 2.30. The van der Waals surface area contributed by atoms with Crippen LogP contribution in [0.5, 0.6) is 17.2 Å². The van der Waals surface area contributed by atoms with Crippen molar-refractivity contribution >= 4 is 12.2 Å². The molecule has 0 atom stereocenters. The molecular weight excluding hydrogens is 346 g/mol. The van der Waals surface area contributed by atoms with Gasteiger partial charge in [-0.3, -0.25) is 0 Å². The number of nitrogens with zero attached hydrogens (tertiary/aromatic N) is 1. The Morgan fingerprint density at radius 3 is 2.63 bits per heavy atom. The number of carbonyl (C=O) groups is 1. The van der Waals surface area contributed by atoms with Crippen molar-refractivity contribution in [1.82, 2.24) is 5.43 Å². The second-order valence-corrected chi connectivity index (χ2v) is 5.93. The number of benzene rings is 2. The highest BCUT2D eigenvalue weighted by Gasteiger charge is 2.09. The second-order valence-electron chi connectivity index (χ2n) is 5.93. The van der Waals surface area contributed by atoms with Gasteiger partial charge in [0, 0.05) is 12.0 Å². The zero-order valence-electron chi connectivity index (χ0n) is 15.8. The fourth-order valence-electron chi connectivity index (χ4n) is 2.49. The van der Waals surface area contributed by atoms with Crippen LogP contribution in [0, 0.1) is 13.8 Å². The number of ether oxygens (including phenoxy) is 3. The number of hydrazone groups is 1. The first-order valence-corrected chi connectivity index (χ1v) is 8.59. The summed E-state index contributed by atoms with van der Waals surface area (Å²) in [6.45, 7) is 5.05. The van der Waals surface area contributed by atoms with Gasteiger partial charge in [0.1, 0.15) is 5.75 Å². The first-order valence-electron chi connectivity index (χ1n) is 8.59. The summed E-state index contributed by atoms with van der Waals surface area (Å²) in [4.78, 5) is 10.7. The summed E-state index contributed by atoms with van der Waals surface area (Å²) in [6.07, 6.45) is 2.15. The Labute approximate surface area is 159 Å². The predicted octanol–water partition coefficient (Wildman–Crippen LogP) is 3.16. The number of amides is 2. The molecule has 0 heterocycles. The maximum atomic E-state index is 10.7. The van der Waals surface area contributed by atoms with E-state index in [-0.39, 0.29) is 0 Å². The minimum absolute atomic E-state index is 0.440. The molecule has 2 rings (SSSR count). The zero-order chi connectivity index (χ0) is 19.6. The zero-order valence-corrected chi connectivity index (χ0v) is 15.8. The van der Waals surface area contributed by atoms with E-state index in [4.69, 9.17) is 19.9 Å². The third kappa shape index (κ3) is 6.22. The third-order valence-electron chi connectivity index (χ3n) is 3.73. The molecule has 0 aromatic heterocycles. The van der Waals surface area contributed by atoms with Crippen LogP contribution in [-0.4, -0.2) is 32.6 Å². The van der Waals surface area contributed by atoms with Crippen LogP contribution in [0.15, 0.2) is 41.5 Å². The lowest BCUT2D eigenvalue weighted by molar-refractivity contribution is 0.239. The highest BCUT2D eigenvalue weighted by molar-refractivity contribution is 5.86. The molecule has 0 bridgehead atoms. The standard InChI is InChI=1S/C20H25N3O4/c1-14-8-9-17(15(2)12-14)26-10-5-11-27-19-16(13-22-23-20(21)24)6-4-7-18(19)25-3/h4,6-9,12-13H,5,10-11H2,1-3H3,(H3,21,23,24)/b22-13+. The Kier molecular flexibility index (Phi) is 7.49. The van der Waals surface area contributed by atoms with Gasteiger partial charge in [-0.1, -0.05) is 23.8 Å². The van der Waals surface area contributed by atoms with Crippen LogP contribution >= 0.6 is 0 Å². The molecule has 2 aromatic carbocycles. The summed E-state index contributed by atoms with van der Waals surface area (Å²) in [5.74, 6) is 2.00. The van der Waals surface area contributed by atoms with Gasteiger partial charge in [0.25, 0.3) is 0 Å².